The molecule has 0 spiro atoms. The predicted octanol–water partition coefficient (Wildman–Crippen LogP) is 1.86. The van der Waals surface area contributed by atoms with Gasteiger partial charge in [0, 0.05) is 25.7 Å². The summed E-state index contributed by atoms with van der Waals surface area (Å²) in [5.41, 5.74) is 0.632. The van der Waals surface area contributed by atoms with E-state index in [1.54, 1.807) is 12.1 Å². The Morgan fingerprint density at radius 3 is 3.00 bits per heavy atom. The molecule has 0 bridgehead atoms. The molecule has 1 aliphatic rings. The van der Waals surface area contributed by atoms with Crippen molar-refractivity contribution >= 4 is 11.7 Å². The largest absolute Gasteiger partial charge is 0.481 e. The molecular weight excluding hydrogens is 247 g/mol. The second-order valence-corrected chi connectivity index (χ2v) is 4.83. The zero-order valence-electron chi connectivity index (χ0n) is 10.8. The Balaban J connectivity index is 1.90. The lowest BCUT2D eigenvalue weighted by molar-refractivity contribution is -0.136. The molecule has 5 heteroatoms. The van der Waals surface area contributed by atoms with Crippen molar-refractivity contribution in [1.82, 2.24) is 5.32 Å². The molecule has 19 heavy (non-hydrogen) atoms. The molecule has 2 N–H and O–H groups in total. The van der Waals surface area contributed by atoms with Crippen LogP contribution in [0.3, 0.4) is 0 Å². The van der Waals surface area contributed by atoms with Gasteiger partial charge in [-0.05, 0) is 25.0 Å². The monoisotopic (exact) mass is 266 g/mol. The van der Waals surface area contributed by atoms with Gasteiger partial charge in [-0.3, -0.25) is 4.79 Å². The molecule has 1 aliphatic heterocycles. The number of carboxylic acids is 1. The fourth-order valence-electron chi connectivity index (χ4n) is 2.45. The summed E-state index contributed by atoms with van der Waals surface area (Å²) < 4.78 is 13.7. The lowest BCUT2D eigenvalue weighted by atomic mass is 10.0. The highest BCUT2D eigenvalue weighted by Gasteiger charge is 2.21. The minimum atomic E-state index is -0.797. The van der Waals surface area contributed by atoms with E-state index < -0.39 is 5.97 Å². The van der Waals surface area contributed by atoms with E-state index in [2.05, 4.69) is 5.32 Å². The van der Waals surface area contributed by atoms with Gasteiger partial charge in [-0.2, -0.15) is 0 Å². The zero-order valence-corrected chi connectivity index (χ0v) is 10.8. The van der Waals surface area contributed by atoms with Crippen LogP contribution in [0.4, 0.5) is 10.1 Å². The number of nitrogens with one attached hydrogen (secondary N) is 1. The van der Waals surface area contributed by atoms with E-state index >= 15 is 0 Å². The third kappa shape index (κ3) is 3.92. The first-order valence-corrected chi connectivity index (χ1v) is 6.61. The van der Waals surface area contributed by atoms with Crippen molar-refractivity contribution in [2.24, 2.45) is 0 Å². The molecule has 1 unspecified atom stereocenters. The van der Waals surface area contributed by atoms with E-state index in [0.29, 0.717) is 12.2 Å². The number of carboxylic acid groups (broad SMARTS) is 1. The van der Waals surface area contributed by atoms with Crippen LogP contribution >= 0.6 is 0 Å². The Hall–Kier alpha value is -1.62. The van der Waals surface area contributed by atoms with Crippen LogP contribution in [0.15, 0.2) is 24.3 Å². The summed E-state index contributed by atoms with van der Waals surface area (Å²) in [7, 11) is 0. The minimum absolute atomic E-state index is 0.121. The van der Waals surface area contributed by atoms with Crippen LogP contribution in [0.2, 0.25) is 0 Å². The average molecular weight is 266 g/mol. The van der Waals surface area contributed by atoms with Gasteiger partial charge in [-0.25, -0.2) is 4.39 Å². The van der Waals surface area contributed by atoms with Gasteiger partial charge in [-0.1, -0.05) is 12.1 Å². The summed E-state index contributed by atoms with van der Waals surface area (Å²) in [5, 5.41) is 11.8. The quantitative estimate of drug-likeness (QED) is 0.854. The molecule has 0 amide bonds. The molecule has 104 valence electrons. The molecular formula is C14H19FN2O2. The average Bonchev–Trinajstić information content (AvgIpc) is 2.39. The number of rotatable bonds is 5. The van der Waals surface area contributed by atoms with Crippen LogP contribution in [-0.2, 0) is 4.79 Å². The van der Waals surface area contributed by atoms with Crippen LogP contribution in [-0.4, -0.2) is 36.8 Å². The number of piperidine rings is 1. The normalized spacial score (nSPS) is 19.4. The maximum absolute atomic E-state index is 13.7. The molecule has 2 rings (SSSR count). The van der Waals surface area contributed by atoms with E-state index in [0.717, 1.165) is 25.9 Å². The van der Waals surface area contributed by atoms with Crippen molar-refractivity contribution < 1.29 is 14.3 Å². The topological polar surface area (TPSA) is 52.6 Å². The second kappa shape index (κ2) is 6.52. The molecule has 1 atom stereocenters. The van der Waals surface area contributed by atoms with Crippen LogP contribution in [0.1, 0.15) is 19.3 Å². The number of halogens is 1. The molecule has 1 fully saturated rings. The molecule has 0 aromatic heterocycles. The fraction of sp³-hybridized carbons (Fsp3) is 0.500. The molecule has 0 aliphatic carbocycles. The van der Waals surface area contributed by atoms with Gasteiger partial charge in [0.2, 0.25) is 0 Å². The standard InChI is InChI=1S/C14H19FN2O2/c15-12-5-1-2-6-13(12)17-9-3-4-11(10-17)16-8-7-14(18)19/h1-2,5-6,11,16H,3-4,7-10H2,(H,18,19). The zero-order chi connectivity index (χ0) is 13.7. The number of hydrogen-bond donors (Lipinski definition) is 2. The highest BCUT2D eigenvalue weighted by Crippen LogP contribution is 2.22. The van der Waals surface area contributed by atoms with E-state index in [4.69, 9.17) is 5.11 Å². The van der Waals surface area contributed by atoms with Crippen LogP contribution < -0.4 is 10.2 Å². The van der Waals surface area contributed by atoms with Crippen LogP contribution in [0.25, 0.3) is 0 Å². The maximum Gasteiger partial charge on any atom is 0.304 e. The van der Waals surface area contributed by atoms with Gasteiger partial charge < -0.3 is 15.3 Å². The van der Waals surface area contributed by atoms with Crippen molar-refractivity contribution in [2.45, 2.75) is 25.3 Å². The molecule has 0 radical (unpaired) electrons. The first kappa shape index (κ1) is 13.8. The molecule has 1 aromatic rings. The Morgan fingerprint density at radius 2 is 2.26 bits per heavy atom. The summed E-state index contributed by atoms with van der Waals surface area (Å²) in [5.74, 6) is -0.997. The number of nitrogens with zero attached hydrogens (tertiary/aromatic N) is 1. The number of para-hydroxylation sites is 1. The van der Waals surface area contributed by atoms with Gasteiger partial charge in [0.15, 0.2) is 0 Å². The second-order valence-electron chi connectivity index (χ2n) is 4.83. The first-order valence-electron chi connectivity index (χ1n) is 6.61. The summed E-state index contributed by atoms with van der Waals surface area (Å²) >= 11 is 0. The Bertz CT molecular complexity index is 439. The summed E-state index contributed by atoms with van der Waals surface area (Å²) in [6.45, 7) is 2.03. The SMILES string of the molecule is O=C(O)CCNC1CCCN(c2ccccc2F)C1. The van der Waals surface area contributed by atoms with E-state index in [1.807, 2.05) is 11.0 Å². The van der Waals surface area contributed by atoms with Crippen molar-refractivity contribution in [2.75, 3.05) is 24.5 Å². The number of hydrogen-bond acceptors (Lipinski definition) is 3. The van der Waals surface area contributed by atoms with Gasteiger partial charge in [-0.15, -0.1) is 0 Å². The van der Waals surface area contributed by atoms with E-state index in [-0.39, 0.29) is 18.3 Å². The maximum atomic E-state index is 13.7. The summed E-state index contributed by atoms with van der Waals surface area (Å²) in [6.07, 6.45) is 2.11. The number of aliphatic carboxylic acids is 1. The predicted molar refractivity (Wildman–Crippen MR) is 71.9 cm³/mol. The smallest absolute Gasteiger partial charge is 0.304 e. The number of benzene rings is 1. The molecule has 0 saturated carbocycles. The van der Waals surface area contributed by atoms with Gasteiger partial charge in [0.05, 0.1) is 12.1 Å². The van der Waals surface area contributed by atoms with Gasteiger partial charge in [0.1, 0.15) is 5.82 Å². The van der Waals surface area contributed by atoms with Crippen molar-refractivity contribution in [3.8, 4) is 0 Å². The molecule has 1 heterocycles. The summed E-state index contributed by atoms with van der Waals surface area (Å²) in [4.78, 5) is 12.5. The molecule has 4 nitrogen and oxygen atoms in total. The van der Waals surface area contributed by atoms with Crippen LogP contribution in [0, 0.1) is 5.82 Å². The summed E-state index contributed by atoms with van der Waals surface area (Å²) in [6, 6.07) is 7.00. The third-order valence-corrected chi connectivity index (χ3v) is 3.39. The third-order valence-electron chi connectivity index (χ3n) is 3.39. The highest BCUT2D eigenvalue weighted by atomic mass is 19.1. The lowest BCUT2D eigenvalue weighted by Gasteiger charge is -2.35. The van der Waals surface area contributed by atoms with Crippen molar-refractivity contribution in [3.63, 3.8) is 0 Å². The van der Waals surface area contributed by atoms with E-state index in [1.165, 1.54) is 6.07 Å². The van der Waals surface area contributed by atoms with Crippen molar-refractivity contribution in [1.29, 1.82) is 0 Å². The Kier molecular flexibility index (Phi) is 4.74. The molecule has 1 aromatic carbocycles. The number of anilines is 1. The first-order chi connectivity index (χ1) is 9.16. The number of carbonyl (C=O) groups is 1. The molecule has 1 saturated heterocycles. The van der Waals surface area contributed by atoms with Gasteiger partial charge >= 0.3 is 5.97 Å². The fourth-order valence-corrected chi connectivity index (χ4v) is 2.45. The van der Waals surface area contributed by atoms with E-state index in [9.17, 15) is 9.18 Å². The highest BCUT2D eigenvalue weighted by molar-refractivity contribution is 5.66. The van der Waals surface area contributed by atoms with Gasteiger partial charge in [0.25, 0.3) is 0 Å². The van der Waals surface area contributed by atoms with Crippen molar-refractivity contribution in [3.05, 3.63) is 30.1 Å². The Morgan fingerprint density at radius 1 is 1.47 bits per heavy atom. The minimum Gasteiger partial charge on any atom is -0.481 e. The van der Waals surface area contributed by atoms with Crippen LogP contribution in [0.5, 0.6) is 0 Å². The lowest BCUT2D eigenvalue weighted by Crippen LogP contribution is -2.46. The Labute approximate surface area is 112 Å².